The van der Waals surface area contributed by atoms with Gasteiger partial charge in [-0.2, -0.15) is 0 Å². The van der Waals surface area contributed by atoms with Gasteiger partial charge in [0.1, 0.15) is 0 Å². The summed E-state index contributed by atoms with van der Waals surface area (Å²) < 4.78 is 0. The molecule has 1 unspecified atom stereocenters. The lowest BCUT2D eigenvalue weighted by molar-refractivity contribution is -0.143. The zero-order valence-corrected chi connectivity index (χ0v) is 13.6. The number of benzene rings is 2. The maximum Gasteiger partial charge on any atom is 0.306 e. The molecule has 0 aliphatic carbocycles. The summed E-state index contributed by atoms with van der Waals surface area (Å²) in [6.45, 7) is 3.95. The number of hydrogen-bond acceptors (Lipinski definition) is 2. The van der Waals surface area contributed by atoms with Crippen molar-refractivity contribution in [2.75, 3.05) is 13.1 Å². The Morgan fingerprint density at radius 2 is 1.77 bits per heavy atom. The molecule has 0 radical (unpaired) electrons. The molecule has 3 rings (SSSR count). The minimum atomic E-state index is -0.645. The highest BCUT2D eigenvalue weighted by atomic mass is 35.5. The molecule has 118 valence electrons. The van der Waals surface area contributed by atoms with Gasteiger partial charge in [0.05, 0.1) is 5.92 Å². The van der Waals surface area contributed by atoms with Gasteiger partial charge in [-0.1, -0.05) is 36.4 Å². The van der Waals surface area contributed by atoms with Gasteiger partial charge in [-0.25, -0.2) is 0 Å². The predicted octanol–water partition coefficient (Wildman–Crippen LogP) is 4.12. The lowest BCUT2D eigenvalue weighted by atomic mass is 9.94. The molecule has 1 aliphatic heterocycles. The molecule has 1 N–H and O–H groups in total. The van der Waals surface area contributed by atoms with E-state index in [0.29, 0.717) is 6.04 Å². The van der Waals surface area contributed by atoms with Gasteiger partial charge in [0.15, 0.2) is 0 Å². The fraction of sp³-hybridized carbons (Fsp3) is 0.389. The van der Waals surface area contributed by atoms with Gasteiger partial charge in [0, 0.05) is 6.04 Å². The largest absolute Gasteiger partial charge is 0.481 e. The van der Waals surface area contributed by atoms with Crippen molar-refractivity contribution in [3.05, 3.63) is 48.0 Å². The number of piperidine rings is 1. The third kappa shape index (κ3) is 3.42. The SMILES string of the molecule is CC(c1ccc2ccccc2c1)N1CCC(C(=O)O)CC1.Cl. The fourth-order valence-electron chi connectivity index (χ4n) is 3.21. The molecule has 1 fully saturated rings. The van der Waals surface area contributed by atoms with Crippen LogP contribution in [0.5, 0.6) is 0 Å². The zero-order chi connectivity index (χ0) is 14.8. The van der Waals surface area contributed by atoms with Crippen molar-refractivity contribution in [3.63, 3.8) is 0 Å². The first-order chi connectivity index (χ1) is 10.1. The predicted molar refractivity (Wildman–Crippen MR) is 91.5 cm³/mol. The topological polar surface area (TPSA) is 40.5 Å². The van der Waals surface area contributed by atoms with E-state index >= 15 is 0 Å². The summed E-state index contributed by atoms with van der Waals surface area (Å²) >= 11 is 0. The van der Waals surface area contributed by atoms with Crippen LogP contribution < -0.4 is 0 Å². The zero-order valence-electron chi connectivity index (χ0n) is 12.7. The summed E-state index contributed by atoms with van der Waals surface area (Å²) in [5.41, 5.74) is 1.31. The highest BCUT2D eigenvalue weighted by molar-refractivity contribution is 5.85. The molecule has 0 saturated carbocycles. The molecule has 3 nitrogen and oxygen atoms in total. The number of carboxylic acids is 1. The quantitative estimate of drug-likeness (QED) is 0.925. The van der Waals surface area contributed by atoms with E-state index < -0.39 is 5.97 Å². The van der Waals surface area contributed by atoms with Gasteiger partial charge in [-0.3, -0.25) is 9.69 Å². The Morgan fingerprint density at radius 3 is 2.41 bits per heavy atom. The number of nitrogens with zero attached hydrogens (tertiary/aromatic N) is 1. The fourth-order valence-corrected chi connectivity index (χ4v) is 3.21. The second-order valence-electron chi connectivity index (χ2n) is 5.93. The molecule has 1 aliphatic rings. The van der Waals surface area contributed by atoms with Crippen molar-refractivity contribution >= 4 is 29.1 Å². The van der Waals surface area contributed by atoms with Gasteiger partial charge in [0.25, 0.3) is 0 Å². The molecule has 22 heavy (non-hydrogen) atoms. The lowest BCUT2D eigenvalue weighted by Crippen LogP contribution is -2.37. The van der Waals surface area contributed by atoms with Crippen molar-refractivity contribution in [2.45, 2.75) is 25.8 Å². The first-order valence-corrected chi connectivity index (χ1v) is 7.60. The minimum absolute atomic E-state index is 0. The van der Waals surface area contributed by atoms with Gasteiger partial charge in [-0.05, 0) is 55.3 Å². The summed E-state index contributed by atoms with van der Waals surface area (Å²) in [4.78, 5) is 13.4. The van der Waals surface area contributed by atoms with E-state index in [9.17, 15) is 4.79 Å². The second-order valence-corrected chi connectivity index (χ2v) is 5.93. The van der Waals surface area contributed by atoms with Crippen LogP contribution in [0.4, 0.5) is 0 Å². The van der Waals surface area contributed by atoms with E-state index in [1.807, 2.05) is 0 Å². The maximum absolute atomic E-state index is 11.0. The number of fused-ring (bicyclic) bond motifs is 1. The molecule has 4 heteroatoms. The molecule has 0 aromatic heterocycles. The van der Waals surface area contributed by atoms with Crippen LogP contribution >= 0.6 is 12.4 Å². The third-order valence-electron chi connectivity index (χ3n) is 4.68. The smallest absolute Gasteiger partial charge is 0.306 e. The van der Waals surface area contributed by atoms with Crippen LogP contribution in [-0.2, 0) is 4.79 Å². The molecular weight excluding hydrogens is 298 g/mol. The van der Waals surface area contributed by atoms with Crippen LogP contribution in [-0.4, -0.2) is 29.1 Å². The molecule has 1 heterocycles. The van der Waals surface area contributed by atoms with Crippen molar-refractivity contribution in [1.29, 1.82) is 0 Å². The Labute approximate surface area is 137 Å². The van der Waals surface area contributed by atoms with Crippen LogP contribution in [0.25, 0.3) is 10.8 Å². The van der Waals surface area contributed by atoms with E-state index in [0.717, 1.165) is 25.9 Å². The maximum atomic E-state index is 11.0. The number of likely N-dealkylation sites (tertiary alicyclic amines) is 1. The summed E-state index contributed by atoms with van der Waals surface area (Å²) in [6, 6.07) is 15.3. The summed E-state index contributed by atoms with van der Waals surface area (Å²) in [5.74, 6) is -0.807. The summed E-state index contributed by atoms with van der Waals surface area (Å²) in [6.07, 6.45) is 1.51. The summed E-state index contributed by atoms with van der Waals surface area (Å²) in [7, 11) is 0. The third-order valence-corrected chi connectivity index (χ3v) is 4.68. The monoisotopic (exact) mass is 319 g/mol. The molecule has 1 saturated heterocycles. The number of rotatable bonds is 3. The van der Waals surface area contributed by atoms with Crippen molar-refractivity contribution in [3.8, 4) is 0 Å². The standard InChI is InChI=1S/C18H21NO2.ClH/c1-13(19-10-8-15(9-11-19)18(20)21)16-7-6-14-4-2-3-5-17(14)12-16;/h2-7,12-13,15H,8-11H2,1H3,(H,20,21);1H. The highest BCUT2D eigenvalue weighted by Gasteiger charge is 2.27. The number of carbonyl (C=O) groups is 1. The van der Waals surface area contributed by atoms with Crippen LogP contribution in [0, 0.1) is 5.92 Å². The highest BCUT2D eigenvalue weighted by Crippen LogP contribution is 2.28. The Morgan fingerprint density at radius 1 is 1.14 bits per heavy atom. The van der Waals surface area contributed by atoms with Crippen molar-refractivity contribution in [2.24, 2.45) is 5.92 Å². The van der Waals surface area contributed by atoms with E-state index in [1.54, 1.807) is 0 Å². The molecule has 0 spiro atoms. The average molecular weight is 320 g/mol. The normalized spacial score (nSPS) is 17.9. The van der Waals surface area contributed by atoms with Gasteiger partial charge in [-0.15, -0.1) is 12.4 Å². The Balaban J connectivity index is 0.00000176. The van der Waals surface area contributed by atoms with Gasteiger partial charge < -0.3 is 5.11 Å². The number of hydrogen-bond donors (Lipinski definition) is 1. The van der Waals surface area contributed by atoms with Crippen LogP contribution in [0.1, 0.15) is 31.4 Å². The van der Waals surface area contributed by atoms with Gasteiger partial charge >= 0.3 is 5.97 Å². The van der Waals surface area contributed by atoms with Crippen LogP contribution in [0.15, 0.2) is 42.5 Å². The molecule has 0 amide bonds. The van der Waals surface area contributed by atoms with Crippen LogP contribution in [0.2, 0.25) is 0 Å². The Bertz CT molecular complexity index is 650. The van der Waals surface area contributed by atoms with E-state index in [4.69, 9.17) is 5.11 Å². The lowest BCUT2D eigenvalue weighted by Gasteiger charge is -2.35. The Kier molecular flexibility index (Phi) is 5.43. The van der Waals surface area contributed by atoms with E-state index in [1.165, 1.54) is 16.3 Å². The number of carboxylic acid groups (broad SMARTS) is 1. The molecule has 0 bridgehead atoms. The second kappa shape index (κ2) is 7.12. The first-order valence-electron chi connectivity index (χ1n) is 7.60. The van der Waals surface area contributed by atoms with Crippen molar-refractivity contribution < 1.29 is 9.90 Å². The number of aliphatic carboxylic acids is 1. The minimum Gasteiger partial charge on any atom is -0.481 e. The van der Waals surface area contributed by atoms with Gasteiger partial charge in [0.2, 0.25) is 0 Å². The average Bonchev–Trinajstić information content (AvgIpc) is 2.54. The van der Waals surface area contributed by atoms with Crippen LogP contribution in [0.3, 0.4) is 0 Å². The molecule has 2 aromatic carbocycles. The number of halogens is 1. The van der Waals surface area contributed by atoms with Crippen molar-refractivity contribution in [1.82, 2.24) is 4.90 Å². The molecular formula is C18H22ClNO2. The molecule has 1 atom stereocenters. The first kappa shape index (κ1) is 16.8. The van der Waals surface area contributed by atoms with E-state index in [-0.39, 0.29) is 18.3 Å². The molecule has 2 aromatic rings. The summed E-state index contributed by atoms with van der Waals surface area (Å²) in [5, 5.41) is 11.6. The Hall–Kier alpha value is -1.58. The van der Waals surface area contributed by atoms with E-state index in [2.05, 4.69) is 54.3 Å².